The highest BCUT2D eigenvalue weighted by Crippen LogP contribution is 2.37. The van der Waals surface area contributed by atoms with Crippen LogP contribution in [0.4, 0.5) is 5.82 Å². The fourth-order valence-corrected chi connectivity index (χ4v) is 2.62. The van der Waals surface area contributed by atoms with Crippen molar-refractivity contribution in [1.82, 2.24) is 15.5 Å². The van der Waals surface area contributed by atoms with Gasteiger partial charge in [-0.2, -0.15) is 5.10 Å². The van der Waals surface area contributed by atoms with Crippen LogP contribution < -0.4 is 11.1 Å². The van der Waals surface area contributed by atoms with Gasteiger partial charge in [0.15, 0.2) is 0 Å². The standard InChI is InChI=1S/C12H20N4O2/c1-18-8-12(4-2-3-5-12)7-14-11(17)9-6-10(13)16-15-9/h6H,2-5,7-8H2,1H3,(H,14,17)(H3,13,15,16). The van der Waals surface area contributed by atoms with Crippen LogP contribution in [0.2, 0.25) is 0 Å². The summed E-state index contributed by atoms with van der Waals surface area (Å²) in [5, 5.41) is 9.28. The van der Waals surface area contributed by atoms with Gasteiger partial charge in [-0.25, -0.2) is 0 Å². The van der Waals surface area contributed by atoms with Crippen molar-refractivity contribution in [3.8, 4) is 0 Å². The zero-order valence-corrected chi connectivity index (χ0v) is 10.7. The Morgan fingerprint density at radius 3 is 2.89 bits per heavy atom. The normalized spacial score (nSPS) is 17.8. The molecule has 6 heteroatoms. The number of H-pyrrole nitrogens is 1. The summed E-state index contributed by atoms with van der Waals surface area (Å²) in [4.78, 5) is 11.9. The van der Waals surface area contributed by atoms with Gasteiger partial charge in [-0.15, -0.1) is 0 Å². The summed E-state index contributed by atoms with van der Waals surface area (Å²) in [6.07, 6.45) is 4.62. The lowest BCUT2D eigenvalue weighted by Gasteiger charge is -2.28. The zero-order valence-electron chi connectivity index (χ0n) is 10.7. The highest BCUT2D eigenvalue weighted by atomic mass is 16.5. The van der Waals surface area contributed by atoms with E-state index >= 15 is 0 Å². The number of ether oxygens (including phenoxy) is 1. The molecule has 0 saturated heterocycles. The number of amides is 1. The van der Waals surface area contributed by atoms with E-state index < -0.39 is 0 Å². The predicted octanol–water partition coefficient (Wildman–Crippen LogP) is 0.928. The molecule has 1 aromatic heterocycles. The van der Waals surface area contributed by atoms with Crippen molar-refractivity contribution in [1.29, 1.82) is 0 Å². The van der Waals surface area contributed by atoms with E-state index in [0.29, 0.717) is 24.7 Å². The van der Waals surface area contributed by atoms with Gasteiger partial charge in [-0.05, 0) is 12.8 Å². The summed E-state index contributed by atoms with van der Waals surface area (Å²) < 4.78 is 5.28. The number of rotatable bonds is 5. The third-order valence-corrected chi connectivity index (χ3v) is 3.58. The van der Waals surface area contributed by atoms with Crippen molar-refractivity contribution in [3.05, 3.63) is 11.8 Å². The molecule has 1 aliphatic rings. The Kier molecular flexibility index (Phi) is 3.86. The van der Waals surface area contributed by atoms with Crippen LogP contribution in [0.3, 0.4) is 0 Å². The molecule has 6 nitrogen and oxygen atoms in total. The maximum Gasteiger partial charge on any atom is 0.269 e. The number of hydrogen-bond donors (Lipinski definition) is 3. The number of aromatic nitrogens is 2. The van der Waals surface area contributed by atoms with Crippen molar-refractivity contribution in [3.63, 3.8) is 0 Å². The Balaban J connectivity index is 1.91. The van der Waals surface area contributed by atoms with Crippen molar-refractivity contribution >= 4 is 11.7 Å². The van der Waals surface area contributed by atoms with E-state index in [1.807, 2.05) is 0 Å². The van der Waals surface area contributed by atoms with E-state index in [0.717, 1.165) is 12.8 Å². The number of nitrogens with zero attached hydrogens (tertiary/aromatic N) is 1. The van der Waals surface area contributed by atoms with E-state index in [1.54, 1.807) is 7.11 Å². The quantitative estimate of drug-likeness (QED) is 0.726. The van der Waals surface area contributed by atoms with Crippen molar-refractivity contribution in [2.45, 2.75) is 25.7 Å². The minimum Gasteiger partial charge on any atom is -0.384 e. The number of methoxy groups -OCH3 is 1. The first-order valence-corrected chi connectivity index (χ1v) is 6.23. The van der Waals surface area contributed by atoms with E-state index in [4.69, 9.17) is 10.5 Å². The first kappa shape index (κ1) is 12.9. The number of carbonyl (C=O) groups excluding carboxylic acids is 1. The van der Waals surface area contributed by atoms with Crippen LogP contribution in [0.15, 0.2) is 6.07 Å². The lowest BCUT2D eigenvalue weighted by atomic mass is 9.87. The molecule has 1 amide bonds. The molecule has 2 rings (SSSR count). The molecule has 18 heavy (non-hydrogen) atoms. The fraction of sp³-hybridized carbons (Fsp3) is 0.667. The maximum absolute atomic E-state index is 11.9. The second-order valence-electron chi connectivity index (χ2n) is 5.03. The molecule has 0 aliphatic heterocycles. The number of nitrogens with one attached hydrogen (secondary N) is 2. The summed E-state index contributed by atoms with van der Waals surface area (Å²) in [6.45, 7) is 1.33. The Morgan fingerprint density at radius 2 is 2.33 bits per heavy atom. The number of aromatic amines is 1. The predicted molar refractivity (Wildman–Crippen MR) is 68.1 cm³/mol. The summed E-state index contributed by atoms with van der Waals surface area (Å²) >= 11 is 0. The largest absolute Gasteiger partial charge is 0.384 e. The number of anilines is 1. The molecule has 1 aliphatic carbocycles. The highest BCUT2D eigenvalue weighted by Gasteiger charge is 2.34. The van der Waals surface area contributed by atoms with Gasteiger partial charge < -0.3 is 15.8 Å². The molecule has 0 bridgehead atoms. The first-order chi connectivity index (χ1) is 8.65. The Labute approximate surface area is 106 Å². The van der Waals surface area contributed by atoms with Crippen molar-refractivity contribution < 1.29 is 9.53 Å². The lowest BCUT2D eigenvalue weighted by Crippen LogP contribution is -2.38. The van der Waals surface area contributed by atoms with Crippen LogP contribution in [-0.4, -0.2) is 36.4 Å². The minimum absolute atomic E-state index is 0.0932. The van der Waals surface area contributed by atoms with E-state index in [1.165, 1.54) is 18.9 Å². The van der Waals surface area contributed by atoms with Gasteiger partial charge in [0.2, 0.25) is 0 Å². The van der Waals surface area contributed by atoms with Crippen LogP contribution in [0.25, 0.3) is 0 Å². The smallest absolute Gasteiger partial charge is 0.269 e. The van der Waals surface area contributed by atoms with Crippen molar-refractivity contribution in [2.24, 2.45) is 5.41 Å². The van der Waals surface area contributed by atoms with Crippen LogP contribution in [0.1, 0.15) is 36.2 Å². The molecule has 0 aromatic carbocycles. The SMILES string of the molecule is COCC1(CNC(=O)c2cc(N)n[nH]2)CCCC1. The molecule has 0 atom stereocenters. The molecule has 1 heterocycles. The van der Waals surface area contributed by atoms with Gasteiger partial charge in [0.1, 0.15) is 11.5 Å². The van der Waals surface area contributed by atoms with Crippen molar-refractivity contribution in [2.75, 3.05) is 26.0 Å². The first-order valence-electron chi connectivity index (χ1n) is 6.23. The van der Waals surface area contributed by atoms with Gasteiger partial charge in [-0.1, -0.05) is 12.8 Å². The lowest BCUT2D eigenvalue weighted by molar-refractivity contribution is 0.0738. The molecular formula is C12H20N4O2. The molecule has 100 valence electrons. The molecule has 0 radical (unpaired) electrons. The molecular weight excluding hydrogens is 232 g/mol. The third-order valence-electron chi connectivity index (χ3n) is 3.58. The summed E-state index contributed by atoms with van der Waals surface area (Å²) in [5.41, 5.74) is 5.96. The Bertz CT molecular complexity index is 410. The molecule has 0 unspecified atom stereocenters. The summed E-state index contributed by atoms with van der Waals surface area (Å²) in [6, 6.07) is 1.53. The van der Waals surface area contributed by atoms with Gasteiger partial charge in [0.25, 0.3) is 5.91 Å². The molecule has 1 aromatic rings. The van der Waals surface area contributed by atoms with Gasteiger partial charge >= 0.3 is 0 Å². The second-order valence-corrected chi connectivity index (χ2v) is 5.03. The van der Waals surface area contributed by atoms with Gasteiger partial charge in [0.05, 0.1) is 6.61 Å². The fourth-order valence-electron chi connectivity index (χ4n) is 2.62. The number of nitrogen functional groups attached to an aromatic ring is 1. The zero-order chi connectivity index (χ0) is 13.0. The van der Waals surface area contributed by atoms with Crippen LogP contribution in [0.5, 0.6) is 0 Å². The topological polar surface area (TPSA) is 93.0 Å². The van der Waals surface area contributed by atoms with E-state index in [-0.39, 0.29) is 11.3 Å². The van der Waals surface area contributed by atoms with Crippen LogP contribution in [-0.2, 0) is 4.74 Å². The number of hydrogen-bond acceptors (Lipinski definition) is 4. The molecule has 4 N–H and O–H groups in total. The monoisotopic (exact) mass is 252 g/mol. The Hall–Kier alpha value is -1.56. The minimum atomic E-state index is -0.165. The van der Waals surface area contributed by atoms with E-state index in [9.17, 15) is 4.79 Å². The number of nitrogens with two attached hydrogens (primary N) is 1. The van der Waals surface area contributed by atoms with Crippen LogP contribution in [0, 0.1) is 5.41 Å². The summed E-state index contributed by atoms with van der Waals surface area (Å²) in [5.74, 6) is 0.161. The average Bonchev–Trinajstić information content (AvgIpc) is 2.97. The van der Waals surface area contributed by atoms with Gasteiger partial charge in [0, 0.05) is 25.1 Å². The molecule has 1 saturated carbocycles. The number of carbonyl (C=O) groups is 1. The second kappa shape index (κ2) is 5.39. The molecule has 1 fully saturated rings. The molecule has 0 spiro atoms. The van der Waals surface area contributed by atoms with Gasteiger partial charge in [-0.3, -0.25) is 9.89 Å². The summed E-state index contributed by atoms with van der Waals surface area (Å²) in [7, 11) is 1.71. The Morgan fingerprint density at radius 1 is 1.61 bits per heavy atom. The maximum atomic E-state index is 11.9. The van der Waals surface area contributed by atoms with E-state index in [2.05, 4.69) is 15.5 Å². The van der Waals surface area contributed by atoms with Crippen LogP contribution >= 0.6 is 0 Å². The highest BCUT2D eigenvalue weighted by molar-refractivity contribution is 5.92. The third kappa shape index (κ3) is 2.81. The average molecular weight is 252 g/mol.